The summed E-state index contributed by atoms with van der Waals surface area (Å²) in [5.74, 6) is -0.421. The molecular formula is C6H12O2S. The van der Waals surface area contributed by atoms with Crippen LogP contribution in [0.25, 0.3) is 0 Å². The second-order valence-corrected chi connectivity index (χ2v) is 3.11. The SMILES string of the molecule is CC(C)C[C@@H](S)C(=O)O. The molecule has 0 unspecified atom stereocenters. The first kappa shape index (κ1) is 8.82. The minimum atomic E-state index is -0.827. The molecule has 0 aromatic carbocycles. The monoisotopic (exact) mass is 148 g/mol. The van der Waals surface area contributed by atoms with Gasteiger partial charge in [0, 0.05) is 0 Å². The third-order valence-corrected chi connectivity index (χ3v) is 1.41. The van der Waals surface area contributed by atoms with Crippen LogP contribution in [0, 0.1) is 5.92 Å². The van der Waals surface area contributed by atoms with Crippen molar-refractivity contribution in [2.45, 2.75) is 25.5 Å². The van der Waals surface area contributed by atoms with E-state index in [0.29, 0.717) is 12.3 Å². The van der Waals surface area contributed by atoms with Crippen LogP contribution in [0.2, 0.25) is 0 Å². The van der Waals surface area contributed by atoms with Crippen molar-refractivity contribution >= 4 is 18.6 Å². The van der Waals surface area contributed by atoms with E-state index in [2.05, 4.69) is 12.6 Å². The summed E-state index contributed by atoms with van der Waals surface area (Å²) in [6.45, 7) is 3.96. The zero-order chi connectivity index (χ0) is 7.44. The van der Waals surface area contributed by atoms with Gasteiger partial charge >= 0.3 is 5.97 Å². The number of thiol groups is 1. The summed E-state index contributed by atoms with van der Waals surface area (Å²) in [5.41, 5.74) is 0. The number of hydrogen-bond acceptors (Lipinski definition) is 2. The van der Waals surface area contributed by atoms with Crippen LogP contribution < -0.4 is 0 Å². The molecule has 0 heterocycles. The number of rotatable bonds is 3. The Balaban J connectivity index is 3.50. The molecule has 54 valence electrons. The van der Waals surface area contributed by atoms with Gasteiger partial charge in [0.15, 0.2) is 0 Å². The predicted molar refractivity (Wildman–Crippen MR) is 39.9 cm³/mol. The highest BCUT2D eigenvalue weighted by molar-refractivity contribution is 7.81. The fourth-order valence-corrected chi connectivity index (χ4v) is 0.969. The fourth-order valence-electron chi connectivity index (χ4n) is 0.547. The molecule has 0 saturated carbocycles. The first-order valence-electron chi connectivity index (χ1n) is 2.95. The van der Waals surface area contributed by atoms with Crippen molar-refractivity contribution in [3.05, 3.63) is 0 Å². The van der Waals surface area contributed by atoms with E-state index in [1.165, 1.54) is 0 Å². The third kappa shape index (κ3) is 4.33. The van der Waals surface area contributed by atoms with Crippen LogP contribution in [-0.2, 0) is 4.79 Å². The number of carbonyl (C=O) groups is 1. The molecule has 2 nitrogen and oxygen atoms in total. The van der Waals surface area contributed by atoms with Gasteiger partial charge in [0.1, 0.15) is 0 Å². The number of hydrogen-bond donors (Lipinski definition) is 2. The average molecular weight is 148 g/mol. The van der Waals surface area contributed by atoms with Crippen LogP contribution in [0.3, 0.4) is 0 Å². The smallest absolute Gasteiger partial charge is 0.316 e. The molecule has 0 aliphatic rings. The molecule has 0 saturated heterocycles. The van der Waals surface area contributed by atoms with Crippen LogP contribution in [-0.4, -0.2) is 16.3 Å². The molecule has 0 aliphatic heterocycles. The maximum atomic E-state index is 10.2. The Bertz CT molecular complexity index is 101. The van der Waals surface area contributed by atoms with Gasteiger partial charge in [-0.2, -0.15) is 12.6 Å². The van der Waals surface area contributed by atoms with Gasteiger partial charge in [0.05, 0.1) is 5.25 Å². The molecule has 3 heteroatoms. The maximum absolute atomic E-state index is 10.2. The molecule has 9 heavy (non-hydrogen) atoms. The van der Waals surface area contributed by atoms with E-state index in [9.17, 15) is 4.79 Å². The maximum Gasteiger partial charge on any atom is 0.316 e. The predicted octanol–water partition coefficient (Wildman–Crippen LogP) is 1.42. The zero-order valence-electron chi connectivity index (χ0n) is 5.66. The molecule has 0 fully saturated rings. The Morgan fingerprint density at radius 2 is 2.11 bits per heavy atom. The van der Waals surface area contributed by atoms with E-state index in [-0.39, 0.29) is 0 Å². The first-order chi connectivity index (χ1) is 4.04. The largest absolute Gasteiger partial charge is 0.480 e. The standard InChI is InChI=1S/C6H12O2S/c1-4(2)3-5(9)6(7)8/h4-5,9H,3H2,1-2H3,(H,7,8)/t5-/m1/s1. The van der Waals surface area contributed by atoms with E-state index in [4.69, 9.17) is 5.11 Å². The number of aliphatic carboxylic acids is 1. The second kappa shape index (κ2) is 3.77. The summed E-state index contributed by atoms with van der Waals surface area (Å²) in [5, 5.41) is 7.86. The van der Waals surface area contributed by atoms with Crippen LogP contribution in [0.5, 0.6) is 0 Å². The van der Waals surface area contributed by atoms with Gasteiger partial charge in [-0.05, 0) is 12.3 Å². The molecule has 0 radical (unpaired) electrons. The quantitative estimate of drug-likeness (QED) is 0.594. The van der Waals surface area contributed by atoms with Crippen LogP contribution in [0.4, 0.5) is 0 Å². The Morgan fingerprint density at radius 1 is 1.67 bits per heavy atom. The zero-order valence-corrected chi connectivity index (χ0v) is 6.56. The highest BCUT2D eigenvalue weighted by Gasteiger charge is 2.12. The first-order valence-corrected chi connectivity index (χ1v) is 3.46. The lowest BCUT2D eigenvalue weighted by atomic mass is 10.1. The van der Waals surface area contributed by atoms with Crippen molar-refractivity contribution < 1.29 is 9.90 Å². The van der Waals surface area contributed by atoms with Gasteiger partial charge in [-0.25, -0.2) is 0 Å². The molecular weight excluding hydrogens is 136 g/mol. The van der Waals surface area contributed by atoms with E-state index in [0.717, 1.165) is 0 Å². The average Bonchev–Trinajstić information content (AvgIpc) is 1.63. The normalized spacial score (nSPS) is 13.8. The molecule has 0 aromatic rings. The van der Waals surface area contributed by atoms with Gasteiger partial charge < -0.3 is 5.11 Å². The van der Waals surface area contributed by atoms with Crippen LogP contribution >= 0.6 is 12.6 Å². The van der Waals surface area contributed by atoms with Gasteiger partial charge in [0.25, 0.3) is 0 Å². The molecule has 0 aromatic heterocycles. The summed E-state index contributed by atoms with van der Waals surface area (Å²) >= 11 is 3.86. The molecule has 0 spiro atoms. The third-order valence-electron chi connectivity index (χ3n) is 0.980. The van der Waals surface area contributed by atoms with Crippen LogP contribution in [0.15, 0.2) is 0 Å². The van der Waals surface area contributed by atoms with Gasteiger partial charge in [-0.1, -0.05) is 13.8 Å². The topological polar surface area (TPSA) is 37.3 Å². The molecule has 1 N–H and O–H groups in total. The van der Waals surface area contributed by atoms with Crippen molar-refractivity contribution in [3.8, 4) is 0 Å². The lowest BCUT2D eigenvalue weighted by Crippen LogP contribution is -2.15. The van der Waals surface area contributed by atoms with Gasteiger partial charge in [-0.3, -0.25) is 4.79 Å². The van der Waals surface area contributed by atoms with E-state index in [1.807, 2.05) is 13.8 Å². The van der Waals surface area contributed by atoms with Gasteiger partial charge in [-0.15, -0.1) is 0 Å². The molecule has 0 rings (SSSR count). The van der Waals surface area contributed by atoms with Crippen LogP contribution in [0.1, 0.15) is 20.3 Å². The molecule has 0 amide bonds. The highest BCUT2D eigenvalue weighted by atomic mass is 32.1. The fraction of sp³-hybridized carbons (Fsp3) is 0.833. The van der Waals surface area contributed by atoms with E-state index < -0.39 is 11.2 Å². The van der Waals surface area contributed by atoms with E-state index >= 15 is 0 Å². The Morgan fingerprint density at radius 3 is 2.22 bits per heavy atom. The highest BCUT2D eigenvalue weighted by Crippen LogP contribution is 2.09. The van der Waals surface area contributed by atoms with Crippen molar-refractivity contribution in [2.24, 2.45) is 5.92 Å². The van der Waals surface area contributed by atoms with Gasteiger partial charge in [0.2, 0.25) is 0 Å². The summed E-state index contributed by atoms with van der Waals surface area (Å²) < 4.78 is 0. The minimum absolute atomic E-state index is 0.406. The molecule has 1 atom stereocenters. The minimum Gasteiger partial charge on any atom is -0.480 e. The summed E-state index contributed by atoms with van der Waals surface area (Å²) in [7, 11) is 0. The second-order valence-electron chi connectivity index (χ2n) is 2.48. The number of carboxylic acids is 1. The Kier molecular flexibility index (Phi) is 3.70. The number of carboxylic acid groups (broad SMARTS) is 1. The van der Waals surface area contributed by atoms with Crippen molar-refractivity contribution in [1.82, 2.24) is 0 Å². The van der Waals surface area contributed by atoms with Crippen molar-refractivity contribution in [1.29, 1.82) is 0 Å². The Hall–Kier alpha value is -0.180. The summed E-state index contributed by atoms with van der Waals surface area (Å²) in [4.78, 5) is 10.2. The summed E-state index contributed by atoms with van der Waals surface area (Å²) in [6, 6.07) is 0. The van der Waals surface area contributed by atoms with Crippen molar-refractivity contribution in [2.75, 3.05) is 0 Å². The lowest BCUT2D eigenvalue weighted by Gasteiger charge is -2.06. The summed E-state index contributed by atoms with van der Waals surface area (Å²) in [6.07, 6.45) is 0.637. The Labute approximate surface area is 60.7 Å². The van der Waals surface area contributed by atoms with Crippen molar-refractivity contribution in [3.63, 3.8) is 0 Å². The molecule has 0 bridgehead atoms. The van der Waals surface area contributed by atoms with E-state index in [1.54, 1.807) is 0 Å². The lowest BCUT2D eigenvalue weighted by molar-refractivity contribution is -0.136. The molecule has 0 aliphatic carbocycles.